The molecule has 4 nitrogen and oxygen atoms in total. The topological polar surface area (TPSA) is 39.7 Å². The van der Waals surface area contributed by atoms with E-state index >= 15 is 0 Å². The largest absolute Gasteiger partial charge is 0.596 e. The SMILES string of the molecule is CO[Si](NCC1CCCCC1)(OC)OC. The lowest BCUT2D eigenvalue weighted by molar-refractivity contribution is 0.107. The molecule has 0 aromatic carbocycles. The molecule has 15 heavy (non-hydrogen) atoms. The molecule has 0 aliphatic heterocycles. The van der Waals surface area contributed by atoms with E-state index in [4.69, 9.17) is 13.3 Å². The molecule has 1 fully saturated rings. The zero-order valence-corrected chi connectivity index (χ0v) is 11.0. The normalized spacial score (nSPS) is 19.4. The van der Waals surface area contributed by atoms with Crippen molar-refractivity contribution in [2.24, 2.45) is 5.92 Å². The lowest BCUT2D eigenvalue weighted by Crippen LogP contribution is -2.58. The molecule has 0 atom stereocenters. The second-order valence-corrected chi connectivity index (χ2v) is 6.74. The van der Waals surface area contributed by atoms with Crippen LogP contribution in [0, 0.1) is 5.92 Å². The molecule has 1 rings (SSSR count). The highest BCUT2D eigenvalue weighted by Gasteiger charge is 2.39. The molecule has 1 saturated carbocycles. The average Bonchev–Trinajstić information content (AvgIpc) is 2.33. The highest BCUT2D eigenvalue weighted by Crippen LogP contribution is 2.23. The predicted molar refractivity (Wildman–Crippen MR) is 61.4 cm³/mol. The molecule has 90 valence electrons. The molecule has 1 N–H and O–H groups in total. The van der Waals surface area contributed by atoms with Gasteiger partial charge in [-0.15, -0.1) is 0 Å². The third-order valence-electron chi connectivity index (χ3n) is 3.14. The molecule has 1 aliphatic rings. The van der Waals surface area contributed by atoms with E-state index in [9.17, 15) is 0 Å². The van der Waals surface area contributed by atoms with Gasteiger partial charge >= 0.3 is 8.97 Å². The van der Waals surface area contributed by atoms with Crippen LogP contribution in [0.2, 0.25) is 0 Å². The van der Waals surface area contributed by atoms with Gasteiger partial charge in [-0.3, -0.25) is 4.98 Å². The van der Waals surface area contributed by atoms with Gasteiger partial charge in [-0.2, -0.15) is 0 Å². The summed E-state index contributed by atoms with van der Waals surface area (Å²) in [5.74, 6) is 0.756. The molecule has 0 radical (unpaired) electrons. The molecular formula is C10H23NO3Si. The summed E-state index contributed by atoms with van der Waals surface area (Å²) in [6, 6.07) is 0. The van der Waals surface area contributed by atoms with Gasteiger partial charge in [-0.1, -0.05) is 19.3 Å². The first kappa shape index (κ1) is 13.1. The molecule has 0 saturated heterocycles. The average molecular weight is 233 g/mol. The fourth-order valence-corrected chi connectivity index (χ4v) is 3.60. The van der Waals surface area contributed by atoms with Crippen LogP contribution in [0.4, 0.5) is 0 Å². The number of hydrogen-bond acceptors (Lipinski definition) is 4. The van der Waals surface area contributed by atoms with Crippen molar-refractivity contribution in [1.82, 2.24) is 4.98 Å². The van der Waals surface area contributed by atoms with Crippen LogP contribution in [0.5, 0.6) is 0 Å². The lowest BCUT2D eigenvalue weighted by atomic mass is 9.90. The molecule has 0 unspecified atom stereocenters. The molecule has 0 amide bonds. The monoisotopic (exact) mass is 233 g/mol. The summed E-state index contributed by atoms with van der Waals surface area (Å²) in [5.41, 5.74) is 0. The Kier molecular flexibility index (Phi) is 5.77. The van der Waals surface area contributed by atoms with Crippen molar-refractivity contribution >= 4 is 8.97 Å². The second-order valence-electron chi connectivity index (χ2n) is 4.05. The Morgan fingerprint density at radius 1 is 1.00 bits per heavy atom. The Bertz CT molecular complexity index is 162. The standard InChI is InChI=1S/C10H23NO3Si/c1-12-15(13-2,14-3)11-9-10-7-5-4-6-8-10/h10-11H,4-9H2,1-3H3. The van der Waals surface area contributed by atoms with Gasteiger partial charge in [0.05, 0.1) is 0 Å². The van der Waals surface area contributed by atoms with Gasteiger partial charge in [0.25, 0.3) is 0 Å². The third-order valence-corrected chi connectivity index (χ3v) is 5.39. The molecule has 0 aromatic rings. The molecule has 0 aromatic heterocycles. The maximum Gasteiger partial charge on any atom is 0.596 e. The van der Waals surface area contributed by atoms with Crippen LogP contribution in [0.3, 0.4) is 0 Å². The van der Waals surface area contributed by atoms with Crippen LogP contribution in [0.25, 0.3) is 0 Å². The van der Waals surface area contributed by atoms with Crippen LogP contribution in [-0.2, 0) is 13.3 Å². The van der Waals surface area contributed by atoms with Crippen molar-refractivity contribution in [2.45, 2.75) is 32.1 Å². The summed E-state index contributed by atoms with van der Waals surface area (Å²) in [7, 11) is 2.34. The summed E-state index contributed by atoms with van der Waals surface area (Å²) >= 11 is 0. The highest BCUT2D eigenvalue weighted by atomic mass is 28.4. The van der Waals surface area contributed by atoms with Gasteiger partial charge in [0.15, 0.2) is 0 Å². The van der Waals surface area contributed by atoms with Crippen molar-refractivity contribution in [3.8, 4) is 0 Å². The smallest absolute Gasteiger partial charge is 0.364 e. The van der Waals surface area contributed by atoms with Gasteiger partial charge < -0.3 is 13.3 Å². The minimum atomic E-state index is -2.55. The van der Waals surface area contributed by atoms with Crippen LogP contribution in [-0.4, -0.2) is 36.8 Å². The maximum atomic E-state index is 5.31. The van der Waals surface area contributed by atoms with Gasteiger partial charge in [-0.25, -0.2) is 0 Å². The minimum absolute atomic E-state index is 0.756. The fourth-order valence-electron chi connectivity index (χ4n) is 2.13. The van der Waals surface area contributed by atoms with Crippen molar-refractivity contribution in [1.29, 1.82) is 0 Å². The Hall–Kier alpha value is 0.0569. The van der Waals surface area contributed by atoms with E-state index in [1.807, 2.05) is 0 Å². The van der Waals surface area contributed by atoms with Gasteiger partial charge in [0.2, 0.25) is 0 Å². The first-order chi connectivity index (χ1) is 7.26. The zero-order valence-electron chi connectivity index (χ0n) is 10.0. The predicted octanol–water partition coefficient (Wildman–Crippen LogP) is 1.53. The molecule has 0 spiro atoms. The number of hydrogen-bond donors (Lipinski definition) is 1. The molecule has 0 heterocycles. The quantitative estimate of drug-likeness (QED) is 0.706. The van der Waals surface area contributed by atoms with Gasteiger partial charge in [0.1, 0.15) is 0 Å². The first-order valence-corrected chi connectivity index (χ1v) is 7.39. The summed E-state index contributed by atoms with van der Waals surface area (Å²) in [4.78, 5) is 3.32. The Labute approximate surface area is 93.7 Å². The summed E-state index contributed by atoms with van der Waals surface area (Å²) < 4.78 is 15.9. The summed E-state index contributed by atoms with van der Waals surface area (Å²) in [5, 5.41) is 0. The van der Waals surface area contributed by atoms with Crippen molar-refractivity contribution in [2.75, 3.05) is 27.9 Å². The summed E-state index contributed by atoms with van der Waals surface area (Å²) in [6.45, 7) is 0.946. The van der Waals surface area contributed by atoms with Gasteiger partial charge in [-0.05, 0) is 25.3 Å². The van der Waals surface area contributed by atoms with E-state index in [2.05, 4.69) is 4.98 Å². The molecule has 5 heteroatoms. The first-order valence-electron chi connectivity index (χ1n) is 5.67. The van der Waals surface area contributed by atoms with Crippen LogP contribution < -0.4 is 4.98 Å². The molecule has 1 aliphatic carbocycles. The Balaban J connectivity index is 2.31. The molecule has 0 bridgehead atoms. The Morgan fingerprint density at radius 2 is 1.53 bits per heavy atom. The van der Waals surface area contributed by atoms with Crippen molar-refractivity contribution < 1.29 is 13.3 Å². The lowest BCUT2D eigenvalue weighted by Gasteiger charge is -2.28. The second kappa shape index (κ2) is 6.60. The van der Waals surface area contributed by atoms with Crippen LogP contribution >= 0.6 is 0 Å². The highest BCUT2D eigenvalue weighted by molar-refractivity contribution is 6.57. The van der Waals surface area contributed by atoms with E-state index in [0.29, 0.717) is 0 Å². The van der Waals surface area contributed by atoms with E-state index in [1.54, 1.807) is 21.3 Å². The van der Waals surface area contributed by atoms with E-state index in [-0.39, 0.29) is 0 Å². The van der Waals surface area contributed by atoms with Crippen molar-refractivity contribution in [3.05, 3.63) is 0 Å². The van der Waals surface area contributed by atoms with Crippen LogP contribution in [0.15, 0.2) is 0 Å². The number of nitrogens with one attached hydrogen (secondary N) is 1. The van der Waals surface area contributed by atoms with E-state index in [0.717, 1.165) is 12.5 Å². The number of rotatable bonds is 6. The van der Waals surface area contributed by atoms with E-state index in [1.165, 1.54) is 32.1 Å². The molecular weight excluding hydrogens is 210 g/mol. The zero-order chi connectivity index (χ0) is 11.1. The van der Waals surface area contributed by atoms with Gasteiger partial charge in [0, 0.05) is 21.3 Å². The maximum absolute atomic E-state index is 5.31. The van der Waals surface area contributed by atoms with E-state index < -0.39 is 8.97 Å². The van der Waals surface area contributed by atoms with Crippen LogP contribution in [0.1, 0.15) is 32.1 Å². The minimum Gasteiger partial charge on any atom is -0.364 e. The Morgan fingerprint density at radius 3 is 2.00 bits per heavy atom. The summed E-state index contributed by atoms with van der Waals surface area (Å²) in [6.07, 6.45) is 6.73. The fraction of sp³-hybridized carbons (Fsp3) is 1.00. The third kappa shape index (κ3) is 3.84. The van der Waals surface area contributed by atoms with Crippen molar-refractivity contribution in [3.63, 3.8) is 0 Å².